The van der Waals surface area contributed by atoms with Crippen molar-refractivity contribution < 1.29 is 20.4 Å². The summed E-state index contributed by atoms with van der Waals surface area (Å²) in [5.41, 5.74) is 4.02. The molecular weight excluding hydrogens is 450 g/mol. The van der Waals surface area contributed by atoms with Gasteiger partial charge in [-0.15, -0.1) is 0 Å². The fraction of sp³-hybridized carbons (Fsp3) is 0.161. The van der Waals surface area contributed by atoms with Crippen LogP contribution in [-0.4, -0.2) is 26.5 Å². The molecule has 0 saturated carbocycles. The number of aromatic hydroxyl groups is 4. The molecule has 1 aliphatic rings. The molecule has 5 aromatic rings. The topological polar surface area (TPSA) is 93.0 Å². The van der Waals surface area contributed by atoms with E-state index in [-0.39, 0.29) is 35.1 Å². The summed E-state index contributed by atoms with van der Waals surface area (Å²) in [5, 5.41) is 50.9. The maximum absolute atomic E-state index is 11.4. The van der Waals surface area contributed by atoms with Crippen LogP contribution in [-0.2, 0) is 6.42 Å². The van der Waals surface area contributed by atoms with Gasteiger partial charge in [-0.2, -0.15) is 0 Å². The summed E-state index contributed by atoms with van der Waals surface area (Å²) in [7, 11) is 0. The molecule has 6 rings (SSSR count). The van der Waals surface area contributed by atoms with Gasteiger partial charge in [0.25, 0.3) is 0 Å². The number of hydrogen-bond acceptors (Lipinski definition) is 5. The summed E-state index contributed by atoms with van der Waals surface area (Å²) in [6.45, 7) is 4.08. The first-order valence-electron chi connectivity index (χ1n) is 12.1. The first kappa shape index (κ1) is 22.3. The second kappa shape index (κ2) is 8.18. The molecule has 36 heavy (non-hydrogen) atoms. The highest BCUT2D eigenvalue weighted by Gasteiger charge is 2.30. The largest absolute Gasteiger partial charge is 0.507 e. The van der Waals surface area contributed by atoms with Crippen molar-refractivity contribution in [3.8, 4) is 45.3 Å². The Balaban J connectivity index is 1.71. The average Bonchev–Trinajstić information content (AvgIpc) is 2.85. The predicted molar refractivity (Wildman–Crippen MR) is 144 cm³/mol. The lowest BCUT2D eigenvalue weighted by Gasteiger charge is -2.32. The van der Waals surface area contributed by atoms with Gasteiger partial charge in [-0.05, 0) is 54.3 Å². The number of rotatable bonds is 2. The van der Waals surface area contributed by atoms with E-state index in [2.05, 4.69) is 12.2 Å². The molecule has 0 fully saturated rings. The van der Waals surface area contributed by atoms with Gasteiger partial charge in [-0.3, -0.25) is 0 Å². The number of benzene rings is 5. The molecular formula is C31H27NO4. The maximum Gasteiger partial charge on any atom is 0.131 e. The summed E-state index contributed by atoms with van der Waals surface area (Å²) >= 11 is 0. The summed E-state index contributed by atoms with van der Waals surface area (Å²) in [4.78, 5) is 0. The van der Waals surface area contributed by atoms with E-state index in [9.17, 15) is 20.4 Å². The summed E-state index contributed by atoms with van der Waals surface area (Å²) in [5.74, 6) is 0.203. The summed E-state index contributed by atoms with van der Waals surface area (Å²) < 4.78 is 0. The van der Waals surface area contributed by atoms with Crippen LogP contribution in [0.5, 0.6) is 23.0 Å². The van der Waals surface area contributed by atoms with Crippen molar-refractivity contribution in [2.24, 2.45) is 0 Å². The first-order valence-corrected chi connectivity index (χ1v) is 12.1. The van der Waals surface area contributed by atoms with Crippen molar-refractivity contribution >= 4 is 21.5 Å². The van der Waals surface area contributed by atoms with Crippen LogP contribution in [0.3, 0.4) is 0 Å². The van der Waals surface area contributed by atoms with E-state index in [1.165, 1.54) is 6.07 Å². The zero-order chi connectivity index (χ0) is 25.1. The van der Waals surface area contributed by atoms with E-state index in [0.717, 1.165) is 27.5 Å². The van der Waals surface area contributed by atoms with Gasteiger partial charge in [0.1, 0.15) is 23.0 Å². The molecule has 5 N–H and O–H groups in total. The second-order valence-electron chi connectivity index (χ2n) is 9.72. The molecule has 5 heteroatoms. The smallest absolute Gasteiger partial charge is 0.131 e. The van der Waals surface area contributed by atoms with Crippen molar-refractivity contribution in [1.29, 1.82) is 0 Å². The lowest BCUT2D eigenvalue weighted by molar-refractivity contribution is 0.402. The summed E-state index contributed by atoms with van der Waals surface area (Å²) in [6, 6.07) is 22.1. The van der Waals surface area contributed by atoms with Crippen molar-refractivity contribution in [3.63, 3.8) is 0 Å². The normalized spacial score (nSPS) is 17.4. The monoisotopic (exact) mass is 477 g/mol. The van der Waals surface area contributed by atoms with E-state index >= 15 is 0 Å². The Morgan fingerprint density at radius 3 is 2.11 bits per heavy atom. The van der Waals surface area contributed by atoms with Crippen molar-refractivity contribution in [3.05, 3.63) is 83.9 Å². The van der Waals surface area contributed by atoms with E-state index in [1.54, 1.807) is 0 Å². The maximum atomic E-state index is 11.4. The van der Waals surface area contributed by atoms with Crippen molar-refractivity contribution in [2.45, 2.75) is 32.4 Å². The van der Waals surface area contributed by atoms with Gasteiger partial charge in [-0.25, -0.2) is 0 Å². The zero-order valence-electron chi connectivity index (χ0n) is 20.1. The standard InChI is InChI=1S/C31H27NO4/c1-16-13-25-28(17(2)32-16)26(33)15-27(34)29(25)23-14-24(31(36)21-10-6-5-9-20(21)23)22-12-11-18-7-3-4-8-19(18)30(22)35/h3-12,14-17,32-36H,13H2,1-2H3/t16-,17-/m1/s1. The molecule has 0 aliphatic carbocycles. The molecule has 0 aromatic heterocycles. The molecule has 180 valence electrons. The van der Waals surface area contributed by atoms with E-state index in [0.29, 0.717) is 33.9 Å². The van der Waals surface area contributed by atoms with Gasteiger partial charge in [0.2, 0.25) is 0 Å². The Morgan fingerprint density at radius 1 is 0.667 bits per heavy atom. The molecule has 0 saturated heterocycles. The third-order valence-corrected chi connectivity index (χ3v) is 7.39. The van der Waals surface area contributed by atoms with Crippen LogP contribution in [0.2, 0.25) is 0 Å². The third-order valence-electron chi connectivity index (χ3n) is 7.39. The van der Waals surface area contributed by atoms with Crippen molar-refractivity contribution in [2.75, 3.05) is 0 Å². The number of hydrogen-bond donors (Lipinski definition) is 5. The van der Waals surface area contributed by atoms with E-state index in [4.69, 9.17) is 0 Å². The zero-order valence-corrected chi connectivity index (χ0v) is 20.1. The summed E-state index contributed by atoms with van der Waals surface area (Å²) in [6.07, 6.45) is 0.628. The lowest BCUT2D eigenvalue weighted by atomic mass is 9.82. The van der Waals surface area contributed by atoms with Gasteiger partial charge >= 0.3 is 0 Å². The quantitative estimate of drug-likeness (QED) is 0.194. The first-order chi connectivity index (χ1) is 17.3. The van der Waals surface area contributed by atoms with Crippen LogP contribution in [0.15, 0.2) is 72.8 Å². The minimum Gasteiger partial charge on any atom is -0.507 e. The van der Waals surface area contributed by atoms with Gasteiger partial charge in [0, 0.05) is 51.2 Å². The highest BCUT2D eigenvalue weighted by molar-refractivity contribution is 6.08. The van der Waals surface area contributed by atoms with Gasteiger partial charge < -0.3 is 25.7 Å². The predicted octanol–water partition coefficient (Wildman–Crippen LogP) is 6.74. The minimum atomic E-state index is -0.0875. The van der Waals surface area contributed by atoms with Crippen LogP contribution >= 0.6 is 0 Å². The van der Waals surface area contributed by atoms with Crippen molar-refractivity contribution in [1.82, 2.24) is 5.32 Å². The molecule has 0 amide bonds. The fourth-order valence-electron chi connectivity index (χ4n) is 5.84. The van der Waals surface area contributed by atoms with E-state index in [1.807, 2.05) is 73.7 Å². The Kier molecular flexibility index (Phi) is 5.06. The lowest BCUT2D eigenvalue weighted by Crippen LogP contribution is -2.36. The van der Waals surface area contributed by atoms with Crippen LogP contribution in [0, 0.1) is 0 Å². The molecule has 1 heterocycles. The Labute approximate surface area is 208 Å². The van der Waals surface area contributed by atoms with Crippen LogP contribution < -0.4 is 5.32 Å². The molecule has 0 unspecified atom stereocenters. The Hall–Kier alpha value is -4.22. The van der Waals surface area contributed by atoms with Gasteiger partial charge in [0.05, 0.1) is 0 Å². The molecule has 2 atom stereocenters. The fourth-order valence-corrected chi connectivity index (χ4v) is 5.84. The van der Waals surface area contributed by atoms with Gasteiger partial charge in [0.15, 0.2) is 0 Å². The average molecular weight is 478 g/mol. The number of fused-ring (bicyclic) bond motifs is 3. The Bertz CT molecular complexity index is 1670. The second-order valence-corrected chi connectivity index (χ2v) is 9.72. The highest BCUT2D eigenvalue weighted by atomic mass is 16.3. The SMILES string of the molecule is C[C@@H]1Cc2c(-c3cc(-c4ccc5ccccc5c4O)c(O)c4ccccc34)c(O)cc(O)c2[C@@H](C)N1. The number of phenols is 4. The molecule has 5 nitrogen and oxygen atoms in total. The molecule has 0 spiro atoms. The minimum absolute atomic E-state index is 0.0166. The van der Waals surface area contributed by atoms with Crippen LogP contribution in [0.25, 0.3) is 43.8 Å². The molecule has 1 aliphatic heterocycles. The van der Waals surface area contributed by atoms with E-state index < -0.39 is 0 Å². The van der Waals surface area contributed by atoms with Gasteiger partial charge in [-0.1, -0.05) is 54.6 Å². The Morgan fingerprint density at radius 2 is 1.33 bits per heavy atom. The number of nitrogens with one attached hydrogen (secondary N) is 1. The molecule has 0 bridgehead atoms. The molecule has 5 aromatic carbocycles. The van der Waals surface area contributed by atoms with Crippen LogP contribution in [0.1, 0.15) is 31.0 Å². The highest BCUT2D eigenvalue weighted by Crippen LogP contribution is 2.50. The third kappa shape index (κ3) is 3.28. The number of phenolic OH excluding ortho intramolecular Hbond substituents is 4. The van der Waals surface area contributed by atoms with Crippen LogP contribution in [0.4, 0.5) is 0 Å². The molecule has 0 radical (unpaired) electrons.